The number of hydrogen-bond donors (Lipinski definition) is 2. The lowest BCUT2D eigenvalue weighted by atomic mass is 10.2. The maximum atomic E-state index is 12.1. The molecule has 0 aliphatic carbocycles. The van der Waals surface area contributed by atoms with Crippen molar-refractivity contribution in [3.63, 3.8) is 0 Å². The summed E-state index contributed by atoms with van der Waals surface area (Å²) in [6, 6.07) is 9.70. The molecule has 1 aromatic heterocycles. The average Bonchev–Trinajstić information content (AvgIpc) is 2.96. The summed E-state index contributed by atoms with van der Waals surface area (Å²) < 4.78 is 5.57. The Morgan fingerprint density at radius 3 is 3.05 bits per heavy atom. The summed E-state index contributed by atoms with van der Waals surface area (Å²) >= 11 is 0. The highest BCUT2D eigenvalue weighted by molar-refractivity contribution is 5.96. The molecule has 20 heavy (non-hydrogen) atoms. The van der Waals surface area contributed by atoms with Gasteiger partial charge in [0.15, 0.2) is 0 Å². The van der Waals surface area contributed by atoms with Gasteiger partial charge in [-0.1, -0.05) is 18.2 Å². The Morgan fingerprint density at radius 1 is 1.40 bits per heavy atom. The molecule has 1 aliphatic heterocycles. The van der Waals surface area contributed by atoms with Crippen LogP contribution in [0.4, 0.5) is 5.69 Å². The monoisotopic (exact) mass is 271 g/mol. The van der Waals surface area contributed by atoms with Crippen molar-refractivity contribution < 1.29 is 9.53 Å². The van der Waals surface area contributed by atoms with Gasteiger partial charge in [0.25, 0.3) is 5.91 Å². The Bertz CT molecular complexity index is 629. The molecule has 5 heteroatoms. The number of carbonyl (C=O) groups is 1. The van der Waals surface area contributed by atoms with Gasteiger partial charge in [-0.15, -0.1) is 0 Å². The molecule has 2 atom stereocenters. The van der Waals surface area contributed by atoms with Crippen LogP contribution in [0.25, 0.3) is 10.9 Å². The number of para-hydroxylation sites is 1. The van der Waals surface area contributed by atoms with Gasteiger partial charge in [-0.05, 0) is 25.0 Å². The van der Waals surface area contributed by atoms with Crippen LogP contribution in [0.1, 0.15) is 12.8 Å². The molecule has 1 saturated heterocycles. The molecule has 0 radical (unpaired) electrons. The van der Waals surface area contributed by atoms with E-state index in [-0.39, 0.29) is 12.0 Å². The highest BCUT2D eigenvalue weighted by atomic mass is 16.5. The molecule has 1 aromatic carbocycles. The minimum absolute atomic E-state index is 0.000443. The van der Waals surface area contributed by atoms with E-state index in [0.29, 0.717) is 18.7 Å². The van der Waals surface area contributed by atoms with Crippen molar-refractivity contribution in [2.24, 2.45) is 5.73 Å². The van der Waals surface area contributed by atoms with E-state index in [4.69, 9.17) is 10.5 Å². The molecule has 3 rings (SSSR count). The summed E-state index contributed by atoms with van der Waals surface area (Å²) in [5, 5.41) is 3.85. The lowest BCUT2D eigenvalue weighted by Gasteiger charge is -2.12. The van der Waals surface area contributed by atoms with E-state index in [0.717, 1.165) is 17.3 Å². The van der Waals surface area contributed by atoms with E-state index < -0.39 is 6.10 Å². The van der Waals surface area contributed by atoms with Gasteiger partial charge in [0.1, 0.15) is 6.10 Å². The number of fused-ring (bicyclic) bond motifs is 1. The Balaban J connectivity index is 1.71. The number of nitrogens with one attached hydrogen (secondary N) is 1. The molecule has 2 aromatic rings. The van der Waals surface area contributed by atoms with Crippen molar-refractivity contribution in [1.29, 1.82) is 0 Å². The Labute approximate surface area is 117 Å². The Kier molecular flexibility index (Phi) is 3.62. The van der Waals surface area contributed by atoms with Crippen LogP contribution < -0.4 is 11.1 Å². The number of rotatable bonds is 3. The van der Waals surface area contributed by atoms with Crippen LogP contribution in [-0.2, 0) is 9.53 Å². The molecule has 2 unspecified atom stereocenters. The van der Waals surface area contributed by atoms with E-state index in [1.54, 1.807) is 6.20 Å². The second-order valence-corrected chi connectivity index (χ2v) is 4.97. The molecule has 104 valence electrons. The van der Waals surface area contributed by atoms with Crippen LogP contribution in [0, 0.1) is 0 Å². The molecule has 1 aliphatic rings. The van der Waals surface area contributed by atoms with Crippen LogP contribution in [0.2, 0.25) is 0 Å². The minimum Gasteiger partial charge on any atom is -0.364 e. The number of hydrogen-bond acceptors (Lipinski definition) is 4. The Hall–Kier alpha value is -1.98. The first-order chi connectivity index (χ1) is 9.76. The van der Waals surface area contributed by atoms with Gasteiger partial charge in [-0.3, -0.25) is 9.78 Å². The smallest absolute Gasteiger partial charge is 0.253 e. The van der Waals surface area contributed by atoms with Crippen LogP contribution >= 0.6 is 0 Å². The fourth-order valence-electron chi connectivity index (χ4n) is 2.43. The molecule has 1 fully saturated rings. The summed E-state index contributed by atoms with van der Waals surface area (Å²) in [6.07, 6.45) is 2.81. The maximum absolute atomic E-state index is 12.1. The number of benzene rings is 1. The second-order valence-electron chi connectivity index (χ2n) is 4.97. The average molecular weight is 271 g/mol. The van der Waals surface area contributed by atoms with Crippen molar-refractivity contribution in [3.8, 4) is 0 Å². The largest absolute Gasteiger partial charge is 0.364 e. The van der Waals surface area contributed by atoms with Gasteiger partial charge < -0.3 is 15.8 Å². The molecule has 1 amide bonds. The normalized spacial score (nSPS) is 22.1. The van der Waals surface area contributed by atoms with Crippen molar-refractivity contribution in [2.45, 2.75) is 25.0 Å². The first kappa shape index (κ1) is 13.0. The molecule has 0 saturated carbocycles. The van der Waals surface area contributed by atoms with Crippen LogP contribution in [0.5, 0.6) is 0 Å². The third kappa shape index (κ3) is 2.64. The fourth-order valence-corrected chi connectivity index (χ4v) is 2.43. The SMILES string of the molecule is NCC1CCC(C(=O)Nc2cnc3ccccc3c2)O1. The van der Waals surface area contributed by atoms with Crippen LogP contribution in [0.3, 0.4) is 0 Å². The molecule has 5 nitrogen and oxygen atoms in total. The van der Waals surface area contributed by atoms with Gasteiger partial charge in [-0.25, -0.2) is 0 Å². The summed E-state index contributed by atoms with van der Waals surface area (Å²) in [7, 11) is 0. The molecular formula is C15H17N3O2. The van der Waals surface area contributed by atoms with E-state index in [1.807, 2.05) is 30.3 Å². The molecular weight excluding hydrogens is 254 g/mol. The maximum Gasteiger partial charge on any atom is 0.253 e. The quantitative estimate of drug-likeness (QED) is 0.890. The number of amides is 1. The zero-order valence-electron chi connectivity index (χ0n) is 11.1. The Morgan fingerprint density at radius 2 is 2.25 bits per heavy atom. The first-order valence-electron chi connectivity index (χ1n) is 6.77. The van der Waals surface area contributed by atoms with E-state index >= 15 is 0 Å². The topological polar surface area (TPSA) is 77.2 Å². The standard InChI is InChI=1S/C15H17N3O2/c16-8-12-5-6-14(20-12)15(19)18-11-7-10-3-1-2-4-13(10)17-9-11/h1-4,7,9,12,14H,5-6,8,16H2,(H,18,19). The van der Waals surface area contributed by atoms with Gasteiger partial charge in [-0.2, -0.15) is 0 Å². The summed E-state index contributed by atoms with van der Waals surface area (Å²) in [4.78, 5) is 16.4. The zero-order valence-corrected chi connectivity index (χ0v) is 11.1. The highest BCUT2D eigenvalue weighted by Gasteiger charge is 2.29. The van der Waals surface area contributed by atoms with Gasteiger partial charge >= 0.3 is 0 Å². The number of anilines is 1. The van der Waals surface area contributed by atoms with Gasteiger partial charge in [0.2, 0.25) is 0 Å². The fraction of sp³-hybridized carbons (Fsp3) is 0.333. The number of ether oxygens (including phenoxy) is 1. The van der Waals surface area contributed by atoms with Crippen molar-refractivity contribution in [1.82, 2.24) is 4.98 Å². The van der Waals surface area contributed by atoms with Crippen LogP contribution in [-0.4, -0.2) is 29.6 Å². The predicted octanol–water partition coefficient (Wildman–Crippen LogP) is 1.68. The first-order valence-corrected chi connectivity index (χ1v) is 6.77. The number of nitrogens with two attached hydrogens (primary N) is 1. The van der Waals surface area contributed by atoms with E-state index in [2.05, 4.69) is 10.3 Å². The zero-order chi connectivity index (χ0) is 13.9. The molecule has 0 bridgehead atoms. The van der Waals surface area contributed by atoms with E-state index in [1.165, 1.54) is 0 Å². The number of aromatic nitrogens is 1. The van der Waals surface area contributed by atoms with E-state index in [9.17, 15) is 4.79 Å². The third-order valence-electron chi connectivity index (χ3n) is 3.52. The number of pyridine rings is 1. The number of carbonyl (C=O) groups excluding carboxylic acids is 1. The molecule has 0 spiro atoms. The minimum atomic E-state index is -0.407. The van der Waals surface area contributed by atoms with Crippen molar-refractivity contribution in [3.05, 3.63) is 36.5 Å². The predicted molar refractivity (Wildman–Crippen MR) is 77.3 cm³/mol. The van der Waals surface area contributed by atoms with Crippen LogP contribution in [0.15, 0.2) is 36.5 Å². The van der Waals surface area contributed by atoms with Crippen molar-refractivity contribution in [2.75, 3.05) is 11.9 Å². The highest BCUT2D eigenvalue weighted by Crippen LogP contribution is 2.21. The lowest BCUT2D eigenvalue weighted by molar-refractivity contribution is -0.126. The molecule has 3 N–H and O–H groups in total. The van der Waals surface area contributed by atoms with Crippen molar-refractivity contribution >= 4 is 22.5 Å². The number of nitrogens with zero attached hydrogens (tertiary/aromatic N) is 1. The second kappa shape index (κ2) is 5.56. The van der Waals surface area contributed by atoms with Gasteiger partial charge in [0, 0.05) is 11.9 Å². The molecule has 2 heterocycles. The summed E-state index contributed by atoms with van der Waals surface area (Å²) in [5.41, 5.74) is 7.14. The summed E-state index contributed by atoms with van der Waals surface area (Å²) in [6.45, 7) is 0.460. The summed E-state index contributed by atoms with van der Waals surface area (Å²) in [5.74, 6) is -0.127. The lowest BCUT2D eigenvalue weighted by Crippen LogP contribution is -2.29. The third-order valence-corrected chi connectivity index (χ3v) is 3.52. The van der Waals surface area contributed by atoms with Gasteiger partial charge in [0.05, 0.1) is 23.5 Å².